The van der Waals surface area contributed by atoms with Crippen molar-refractivity contribution in [2.45, 2.75) is 58.3 Å². The summed E-state index contributed by atoms with van der Waals surface area (Å²) in [4.78, 5) is 2.25. The zero-order valence-electron chi connectivity index (χ0n) is 14.3. The van der Waals surface area contributed by atoms with Crippen LogP contribution in [0.25, 0.3) is 0 Å². The molecule has 3 heterocycles. The molecule has 1 aliphatic heterocycles. The zero-order valence-corrected chi connectivity index (χ0v) is 14.3. The largest absolute Gasteiger partial charge is 0.382 e. The Balaban J connectivity index is 1.66. The third kappa shape index (κ3) is 3.30. The maximum Gasteiger partial charge on any atom is 0.124 e. The van der Waals surface area contributed by atoms with Crippen LogP contribution in [0.1, 0.15) is 57.5 Å². The summed E-state index contributed by atoms with van der Waals surface area (Å²) in [6.45, 7) is 10.6. The van der Waals surface area contributed by atoms with Crippen molar-refractivity contribution in [1.29, 1.82) is 0 Å². The lowest BCUT2D eigenvalue weighted by Crippen LogP contribution is -2.31. The molecule has 0 saturated carbocycles. The lowest BCUT2D eigenvalue weighted by Gasteiger charge is -2.20. The van der Waals surface area contributed by atoms with E-state index in [0.29, 0.717) is 24.7 Å². The third-order valence-electron chi connectivity index (χ3n) is 4.43. The lowest BCUT2D eigenvalue weighted by molar-refractivity contribution is 0.0408. The topological polar surface area (TPSA) is 72.0 Å². The molecule has 1 fully saturated rings. The highest BCUT2D eigenvalue weighted by molar-refractivity contribution is 5.13. The van der Waals surface area contributed by atoms with Gasteiger partial charge in [0.2, 0.25) is 0 Å². The van der Waals surface area contributed by atoms with Gasteiger partial charge in [-0.25, -0.2) is 4.68 Å². The molecular weight excluding hydrogens is 292 g/mol. The van der Waals surface area contributed by atoms with Crippen LogP contribution >= 0.6 is 0 Å². The molecule has 0 aromatic carbocycles. The summed E-state index contributed by atoms with van der Waals surface area (Å²) in [6.07, 6.45) is 6.54. The number of hydrogen-bond acceptors (Lipinski definition) is 5. The highest BCUT2D eigenvalue weighted by Gasteiger charge is 2.40. The summed E-state index contributed by atoms with van der Waals surface area (Å²) < 4.78 is 3.76. The second-order valence-electron chi connectivity index (χ2n) is 7.09. The number of aliphatic hydroxyl groups is 1. The van der Waals surface area contributed by atoms with Gasteiger partial charge in [-0.1, -0.05) is 5.21 Å². The van der Waals surface area contributed by atoms with Crippen molar-refractivity contribution in [1.82, 2.24) is 29.7 Å². The summed E-state index contributed by atoms with van der Waals surface area (Å²) in [5.41, 5.74) is 0.946. The van der Waals surface area contributed by atoms with Gasteiger partial charge >= 0.3 is 0 Å². The number of rotatable bonds is 5. The van der Waals surface area contributed by atoms with Crippen molar-refractivity contribution in [2.24, 2.45) is 0 Å². The van der Waals surface area contributed by atoms with Crippen LogP contribution in [-0.4, -0.2) is 47.9 Å². The molecule has 3 rings (SSSR count). The monoisotopic (exact) mass is 318 g/mol. The van der Waals surface area contributed by atoms with Crippen molar-refractivity contribution >= 4 is 0 Å². The Labute approximate surface area is 136 Å². The molecule has 0 amide bonds. The first-order valence-electron chi connectivity index (χ1n) is 8.27. The van der Waals surface area contributed by atoms with E-state index in [0.717, 1.165) is 13.1 Å². The average molecular weight is 318 g/mol. The lowest BCUT2D eigenvalue weighted by atomic mass is 10.00. The fourth-order valence-corrected chi connectivity index (χ4v) is 2.96. The van der Waals surface area contributed by atoms with Crippen LogP contribution < -0.4 is 0 Å². The van der Waals surface area contributed by atoms with Crippen LogP contribution in [0.15, 0.2) is 18.6 Å². The molecule has 2 aromatic heterocycles. The van der Waals surface area contributed by atoms with Gasteiger partial charge in [0.05, 0.1) is 12.4 Å². The third-order valence-corrected chi connectivity index (χ3v) is 4.43. The van der Waals surface area contributed by atoms with E-state index in [2.05, 4.69) is 54.2 Å². The highest BCUT2D eigenvalue weighted by Crippen LogP contribution is 2.31. The second kappa shape index (κ2) is 6.05. The van der Waals surface area contributed by atoms with Crippen LogP contribution in [0.3, 0.4) is 0 Å². The first kappa shape index (κ1) is 16.1. The van der Waals surface area contributed by atoms with E-state index in [1.165, 1.54) is 5.56 Å². The molecule has 0 unspecified atom stereocenters. The van der Waals surface area contributed by atoms with Crippen LogP contribution in [0.4, 0.5) is 0 Å². The quantitative estimate of drug-likeness (QED) is 0.909. The van der Waals surface area contributed by atoms with Gasteiger partial charge in [-0.3, -0.25) is 9.58 Å². The van der Waals surface area contributed by atoms with E-state index in [1.54, 1.807) is 4.68 Å². The minimum absolute atomic E-state index is 0.249. The fraction of sp³-hybridized carbons (Fsp3) is 0.688. The Morgan fingerprint density at radius 2 is 1.91 bits per heavy atom. The molecule has 1 N–H and O–H groups in total. The zero-order chi connectivity index (χ0) is 16.6. The van der Waals surface area contributed by atoms with Crippen molar-refractivity contribution in [3.8, 4) is 0 Å². The summed E-state index contributed by atoms with van der Waals surface area (Å²) in [7, 11) is 0. The van der Waals surface area contributed by atoms with E-state index in [4.69, 9.17) is 0 Å². The van der Waals surface area contributed by atoms with Gasteiger partial charge in [-0.05, 0) is 34.1 Å². The van der Waals surface area contributed by atoms with Gasteiger partial charge in [0.1, 0.15) is 11.3 Å². The molecule has 7 heteroatoms. The first-order chi connectivity index (χ1) is 10.9. The van der Waals surface area contributed by atoms with E-state index >= 15 is 0 Å². The summed E-state index contributed by atoms with van der Waals surface area (Å²) in [6, 6.07) is 0.615. The summed E-state index contributed by atoms with van der Waals surface area (Å²) >= 11 is 0. The van der Waals surface area contributed by atoms with E-state index < -0.39 is 5.60 Å². The maximum absolute atomic E-state index is 10.9. The molecule has 2 aromatic rings. The Morgan fingerprint density at radius 1 is 1.17 bits per heavy atom. The molecule has 126 valence electrons. The molecule has 1 atom stereocenters. The Kier molecular flexibility index (Phi) is 4.25. The van der Waals surface area contributed by atoms with E-state index in [-0.39, 0.29) is 6.04 Å². The number of hydrogen-bond donors (Lipinski definition) is 1. The Hall–Kier alpha value is -1.73. The molecule has 7 nitrogen and oxygen atoms in total. The van der Waals surface area contributed by atoms with Crippen LogP contribution in [0.2, 0.25) is 0 Å². The summed E-state index contributed by atoms with van der Waals surface area (Å²) in [5.74, 6) is 0. The van der Waals surface area contributed by atoms with E-state index in [9.17, 15) is 5.11 Å². The number of aromatic nitrogens is 5. The van der Waals surface area contributed by atoms with Crippen molar-refractivity contribution in [2.75, 3.05) is 13.1 Å². The highest BCUT2D eigenvalue weighted by atomic mass is 16.3. The molecule has 0 spiro atoms. The fourth-order valence-electron chi connectivity index (χ4n) is 2.96. The smallest absolute Gasteiger partial charge is 0.124 e. The average Bonchev–Trinajstić information content (AvgIpc) is 3.19. The number of β-amino-alcohol motifs (C(OH)–C–C–N with tert-alkyl or cyclic N) is 1. The van der Waals surface area contributed by atoms with Crippen molar-refractivity contribution in [3.63, 3.8) is 0 Å². The Morgan fingerprint density at radius 3 is 2.52 bits per heavy atom. The molecule has 0 aliphatic carbocycles. The van der Waals surface area contributed by atoms with Gasteiger partial charge in [-0.15, -0.1) is 5.10 Å². The molecular formula is C16H26N6O. The standard InChI is InChI=1S/C16H26N6O/c1-12(2)21-9-14(7-17-21)8-20-6-5-16(23,11-20)15-10-22(13(3)4)19-18-15/h7,9-10,12-13,23H,5-6,8,11H2,1-4H3/t16-/m1/s1. The molecule has 1 saturated heterocycles. The predicted octanol–water partition coefficient (Wildman–Crippen LogP) is 1.73. The van der Waals surface area contributed by atoms with Gasteiger partial charge < -0.3 is 5.11 Å². The van der Waals surface area contributed by atoms with Crippen molar-refractivity contribution in [3.05, 3.63) is 29.8 Å². The van der Waals surface area contributed by atoms with Gasteiger partial charge in [-0.2, -0.15) is 5.10 Å². The maximum atomic E-state index is 10.9. The SMILES string of the molecule is CC(C)n1cc(CN2CC[C@](O)(c3cn(C(C)C)nn3)C2)cn1. The molecule has 0 radical (unpaired) electrons. The molecule has 0 bridgehead atoms. The molecule has 23 heavy (non-hydrogen) atoms. The van der Waals surface area contributed by atoms with Crippen LogP contribution in [0.5, 0.6) is 0 Å². The number of nitrogens with zero attached hydrogens (tertiary/aromatic N) is 6. The van der Waals surface area contributed by atoms with Gasteiger partial charge in [0.25, 0.3) is 0 Å². The van der Waals surface area contributed by atoms with Crippen molar-refractivity contribution < 1.29 is 5.11 Å². The minimum atomic E-state index is -0.902. The second-order valence-corrected chi connectivity index (χ2v) is 7.09. The Bertz CT molecular complexity index is 661. The molecule has 1 aliphatic rings. The predicted molar refractivity (Wildman–Crippen MR) is 86.8 cm³/mol. The normalized spacial score (nSPS) is 22.6. The summed E-state index contributed by atoms with van der Waals surface area (Å²) in [5, 5.41) is 23.6. The van der Waals surface area contributed by atoms with Gasteiger partial charge in [0, 0.05) is 43.5 Å². The van der Waals surface area contributed by atoms with E-state index in [1.807, 2.05) is 17.1 Å². The van der Waals surface area contributed by atoms with Crippen LogP contribution in [-0.2, 0) is 12.1 Å². The minimum Gasteiger partial charge on any atom is -0.382 e. The van der Waals surface area contributed by atoms with Gasteiger partial charge in [0.15, 0.2) is 0 Å². The number of likely N-dealkylation sites (tertiary alicyclic amines) is 1. The first-order valence-corrected chi connectivity index (χ1v) is 8.27. The van der Waals surface area contributed by atoms with Crippen LogP contribution in [0, 0.1) is 0 Å².